The first kappa shape index (κ1) is 16.2. The number of fused-ring (bicyclic) bond motifs is 1. The van der Waals surface area contributed by atoms with Crippen LogP contribution in [-0.2, 0) is 4.74 Å². The summed E-state index contributed by atoms with van der Waals surface area (Å²) in [7, 11) is 1.36. The lowest BCUT2D eigenvalue weighted by Crippen LogP contribution is -2.01. The van der Waals surface area contributed by atoms with Crippen molar-refractivity contribution in [3.8, 4) is 22.1 Å². The Morgan fingerprint density at radius 3 is 2.83 bits per heavy atom. The van der Waals surface area contributed by atoms with Crippen molar-refractivity contribution in [2.45, 2.75) is 6.92 Å². The van der Waals surface area contributed by atoms with Gasteiger partial charge in [0.25, 0.3) is 0 Å². The molecule has 0 spiro atoms. The first-order valence-electron chi connectivity index (χ1n) is 7.17. The van der Waals surface area contributed by atoms with E-state index in [1.165, 1.54) is 31.5 Å². The molecule has 1 aromatic heterocycles. The number of hydrogen-bond acceptors (Lipinski definition) is 6. The predicted octanol–water partition coefficient (Wildman–Crippen LogP) is 3.99. The number of phenolic OH excluding ortho intramolecular Hbond substituents is 1. The minimum atomic E-state index is -0.520. The van der Waals surface area contributed by atoms with E-state index in [9.17, 15) is 14.3 Å². The molecular weight excluding hydrogens is 333 g/mol. The third-order valence-corrected chi connectivity index (χ3v) is 4.46. The SMILES string of the molecule is CCOC(=O)c1cnc(-c2cc(O)c3cc(OC)c(F)cc3c2)s1. The number of nitrogens with zero attached hydrogens (tertiary/aromatic N) is 1. The second-order valence-electron chi connectivity index (χ2n) is 4.95. The van der Waals surface area contributed by atoms with Gasteiger partial charge < -0.3 is 14.6 Å². The number of carbonyl (C=O) groups excluding carboxylic acids is 1. The molecule has 5 nitrogen and oxygen atoms in total. The van der Waals surface area contributed by atoms with Crippen LogP contribution in [0.4, 0.5) is 4.39 Å². The van der Waals surface area contributed by atoms with Gasteiger partial charge >= 0.3 is 5.97 Å². The molecule has 0 aliphatic heterocycles. The molecular formula is C17H14FNO4S. The number of thiazole rings is 1. The van der Waals surface area contributed by atoms with Crippen LogP contribution in [0.15, 0.2) is 30.5 Å². The summed E-state index contributed by atoms with van der Waals surface area (Å²) in [4.78, 5) is 16.3. The van der Waals surface area contributed by atoms with Crippen LogP contribution in [0.3, 0.4) is 0 Å². The molecule has 124 valence electrons. The molecule has 0 saturated carbocycles. The molecule has 24 heavy (non-hydrogen) atoms. The number of rotatable bonds is 4. The highest BCUT2D eigenvalue weighted by Gasteiger charge is 2.15. The molecule has 0 bridgehead atoms. The molecule has 0 atom stereocenters. The molecule has 0 unspecified atom stereocenters. The first-order valence-corrected chi connectivity index (χ1v) is 7.98. The highest BCUT2D eigenvalue weighted by Crippen LogP contribution is 2.36. The Kier molecular flexibility index (Phi) is 4.35. The fraction of sp³-hybridized carbons (Fsp3) is 0.176. The van der Waals surface area contributed by atoms with Crippen LogP contribution in [0.25, 0.3) is 21.3 Å². The number of aromatic nitrogens is 1. The summed E-state index contributed by atoms with van der Waals surface area (Å²) in [5, 5.41) is 11.7. The number of ether oxygens (including phenoxy) is 2. The van der Waals surface area contributed by atoms with E-state index < -0.39 is 11.8 Å². The van der Waals surface area contributed by atoms with Crippen LogP contribution in [-0.4, -0.2) is 29.8 Å². The minimum absolute atomic E-state index is 0.0197. The Morgan fingerprint density at radius 1 is 1.33 bits per heavy atom. The lowest BCUT2D eigenvalue weighted by molar-refractivity contribution is 0.0532. The Labute approximate surface area is 141 Å². The summed E-state index contributed by atoms with van der Waals surface area (Å²) in [6.07, 6.45) is 1.42. The number of halogens is 1. The van der Waals surface area contributed by atoms with Crippen LogP contribution >= 0.6 is 11.3 Å². The van der Waals surface area contributed by atoms with Gasteiger partial charge in [-0.3, -0.25) is 0 Å². The molecule has 1 N–H and O–H groups in total. The average molecular weight is 347 g/mol. The monoisotopic (exact) mass is 347 g/mol. The molecule has 1 heterocycles. The van der Waals surface area contributed by atoms with Gasteiger partial charge in [-0.15, -0.1) is 11.3 Å². The van der Waals surface area contributed by atoms with Crippen molar-refractivity contribution in [2.75, 3.05) is 13.7 Å². The zero-order valence-corrected chi connectivity index (χ0v) is 13.8. The number of phenols is 1. The van der Waals surface area contributed by atoms with E-state index in [1.54, 1.807) is 13.0 Å². The van der Waals surface area contributed by atoms with Crippen LogP contribution in [0.2, 0.25) is 0 Å². The summed E-state index contributed by atoms with van der Waals surface area (Å²) in [6.45, 7) is 2.01. The highest BCUT2D eigenvalue weighted by molar-refractivity contribution is 7.16. The average Bonchev–Trinajstić information content (AvgIpc) is 3.04. The van der Waals surface area contributed by atoms with Crippen molar-refractivity contribution < 1.29 is 23.8 Å². The second kappa shape index (κ2) is 6.45. The highest BCUT2D eigenvalue weighted by atomic mass is 32.1. The van der Waals surface area contributed by atoms with Crippen molar-refractivity contribution in [3.05, 3.63) is 41.2 Å². The van der Waals surface area contributed by atoms with Crippen molar-refractivity contribution >= 4 is 28.1 Å². The smallest absolute Gasteiger partial charge is 0.349 e. The number of benzene rings is 2. The molecule has 0 aliphatic rings. The van der Waals surface area contributed by atoms with E-state index >= 15 is 0 Å². The quantitative estimate of drug-likeness (QED) is 0.723. The molecule has 0 saturated heterocycles. The van der Waals surface area contributed by atoms with E-state index in [-0.39, 0.29) is 18.1 Å². The summed E-state index contributed by atoms with van der Waals surface area (Å²) >= 11 is 1.15. The zero-order chi connectivity index (χ0) is 17.3. The van der Waals surface area contributed by atoms with Gasteiger partial charge in [0.15, 0.2) is 11.6 Å². The maximum absolute atomic E-state index is 13.9. The Morgan fingerprint density at radius 2 is 2.12 bits per heavy atom. The van der Waals surface area contributed by atoms with E-state index in [0.717, 1.165) is 11.3 Å². The topological polar surface area (TPSA) is 68.7 Å². The van der Waals surface area contributed by atoms with Gasteiger partial charge in [0, 0.05) is 10.9 Å². The van der Waals surface area contributed by atoms with Gasteiger partial charge in [-0.1, -0.05) is 0 Å². The summed E-state index contributed by atoms with van der Waals surface area (Å²) in [5.41, 5.74) is 0.588. The summed E-state index contributed by atoms with van der Waals surface area (Å²) in [5.74, 6) is -0.923. The fourth-order valence-corrected chi connectivity index (χ4v) is 3.13. The molecule has 3 rings (SSSR count). The Bertz CT molecular complexity index is 922. The Balaban J connectivity index is 2.06. The molecule has 0 radical (unpaired) electrons. The molecule has 0 aliphatic carbocycles. The molecule has 2 aromatic carbocycles. The van der Waals surface area contributed by atoms with E-state index in [1.807, 2.05) is 0 Å². The van der Waals surface area contributed by atoms with Crippen molar-refractivity contribution in [3.63, 3.8) is 0 Å². The van der Waals surface area contributed by atoms with Crippen LogP contribution in [0.5, 0.6) is 11.5 Å². The summed E-state index contributed by atoms with van der Waals surface area (Å²) < 4.78 is 23.8. The number of esters is 1. The largest absolute Gasteiger partial charge is 0.507 e. The van der Waals surface area contributed by atoms with Crippen molar-refractivity contribution in [1.82, 2.24) is 4.98 Å². The number of hydrogen-bond donors (Lipinski definition) is 1. The third kappa shape index (κ3) is 2.90. The Hall–Kier alpha value is -2.67. The van der Waals surface area contributed by atoms with Gasteiger partial charge in [-0.25, -0.2) is 14.2 Å². The number of methoxy groups -OCH3 is 1. The van der Waals surface area contributed by atoms with Crippen LogP contribution in [0, 0.1) is 5.82 Å². The maximum atomic E-state index is 13.9. The van der Waals surface area contributed by atoms with Gasteiger partial charge in [0.1, 0.15) is 15.6 Å². The normalized spacial score (nSPS) is 10.8. The number of aromatic hydroxyl groups is 1. The lowest BCUT2D eigenvalue weighted by Gasteiger charge is -2.08. The van der Waals surface area contributed by atoms with Crippen LogP contribution < -0.4 is 4.74 Å². The van der Waals surface area contributed by atoms with E-state index in [2.05, 4.69) is 4.98 Å². The predicted molar refractivity (Wildman–Crippen MR) is 89.2 cm³/mol. The van der Waals surface area contributed by atoms with Crippen molar-refractivity contribution in [1.29, 1.82) is 0 Å². The van der Waals surface area contributed by atoms with Crippen molar-refractivity contribution in [2.24, 2.45) is 0 Å². The molecule has 0 amide bonds. The van der Waals surface area contributed by atoms with E-state index in [0.29, 0.717) is 26.2 Å². The molecule has 0 fully saturated rings. The van der Waals surface area contributed by atoms with Gasteiger partial charge in [0.2, 0.25) is 0 Å². The fourth-order valence-electron chi connectivity index (χ4n) is 2.33. The second-order valence-corrected chi connectivity index (χ2v) is 5.98. The molecule has 3 aromatic rings. The van der Waals surface area contributed by atoms with Gasteiger partial charge in [-0.05, 0) is 36.6 Å². The molecule has 7 heteroatoms. The third-order valence-electron chi connectivity index (χ3n) is 3.43. The zero-order valence-electron chi connectivity index (χ0n) is 13.0. The minimum Gasteiger partial charge on any atom is -0.507 e. The summed E-state index contributed by atoms with van der Waals surface area (Å²) in [6, 6.07) is 5.95. The number of carbonyl (C=O) groups is 1. The van der Waals surface area contributed by atoms with Crippen LogP contribution in [0.1, 0.15) is 16.6 Å². The lowest BCUT2D eigenvalue weighted by atomic mass is 10.1. The maximum Gasteiger partial charge on any atom is 0.349 e. The van der Waals surface area contributed by atoms with Gasteiger partial charge in [-0.2, -0.15) is 0 Å². The standard InChI is InChI=1S/C17H14FNO4S/c1-3-23-17(21)15-8-19-16(24-15)10-4-9-5-12(18)14(22-2)7-11(9)13(20)6-10/h4-8,20H,3H2,1-2H3. The first-order chi connectivity index (χ1) is 11.5. The van der Waals surface area contributed by atoms with Gasteiger partial charge in [0.05, 0.1) is 19.9 Å². The van der Waals surface area contributed by atoms with E-state index in [4.69, 9.17) is 9.47 Å².